The maximum absolute atomic E-state index is 14.1. The molecule has 12 heteroatoms. The standard InChI is InChI=1S/C19H19F2N5O4S/c1-8-13(14(26-25-8)19-29-6-9(5-27)7-30-19)23-17(28)15-16(22)31-18(24-15)12-10(20)3-2-4-11(12)21/h2-4,9,19,27H,5-7,22H2,1H3,(H,23,28)(H,25,26). The number of halogens is 2. The van der Waals surface area contributed by atoms with Crippen molar-refractivity contribution in [2.45, 2.75) is 13.2 Å². The van der Waals surface area contributed by atoms with E-state index in [1.807, 2.05) is 0 Å². The van der Waals surface area contributed by atoms with Gasteiger partial charge < -0.3 is 25.6 Å². The number of thiazole rings is 1. The number of nitrogens with zero attached hydrogens (tertiary/aromatic N) is 2. The molecule has 1 aliphatic heterocycles. The number of hydrogen-bond acceptors (Lipinski definition) is 8. The third-order valence-electron chi connectivity index (χ3n) is 4.72. The zero-order chi connectivity index (χ0) is 22.1. The zero-order valence-electron chi connectivity index (χ0n) is 16.3. The Hall–Kier alpha value is -2.93. The van der Waals surface area contributed by atoms with E-state index in [1.165, 1.54) is 6.07 Å². The molecular weight excluding hydrogens is 432 g/mol. The van der Waals surface area contributed by atoms with Gasteiger partial charge in [0.25, 0.3) is 5.91 Å². The summed E-state index contributed by atoms with van der Waals surface area (Å²) in [5.41, 5.74) is 6.57. The first kappa shape index (κ1) is 21.3. The molecule has 1 amide bonds. The van der Waals surface area contributed by atoms with Crippen LogP contribution in [0, 0.1) is 24.5 Å². The van der Waals surface area contributed by atoms with Crippen LogP contribution in [0.5, 0.6) is 0 Å². The van der Waals surface area contributed by atoms with Crippen LogP contribution in [0.15, 0.2) is 18.2 Å². The minimum atomic E-state index is -0.810. The van der Waals surface area contributed by atoms with E-state index in [4.69, 9.17) is 15.2 Å². The number of H-pyrrole nitrogens is 1. The number of nitrogens with one attached hydrogen (secondary N) is 2. The molecule has 5 N–H and O–H groups in total. The molecule has 1 saturated heterocycles. The number of hydrogen-bond donors (Lipinski definition) is 4. The van der Waals surface area contributed by atoms with Crippen LogP contribution in [-0.2, 0) is 9.47 Å². The maximum Gasteiger partial charge on any atom is 0.277 e. The lowest BCUT2D eigenvalue weighted by Gasteiger charge is -2.28. The number of amides is 1. The van der Waals surface area contributed by atoms with Crippen LogP contribution in [0.1, 0.15) is 28.2 Å². The fourth-order valence-electron chi connectivity index (χ4n) is 3.07. The summed E-state index contributed by atoms with van der Waals surface area (Å²) in [6.45, 7) is 2.16. The third-order valence-corrected chi connectivity index (χ3v) is 5.62. The molecule has 3 aromatic rings. The van der Waals surface area contributed by atoms with Crippen molar-refractivity contribution < 1.29 is 28.2 Å². The molecule has 3 heterocycles. The minimum absolute atomic E-state index is 0.00815. The first-order chi connectivity index (χ1) is 14.9. The fourth-order valence-corrected chi connectivity index (χ4v) is 3.95. The zero-order valence-corrected chi connectivity index (χ0v) is 17.1. The number of carbonyl (C=O) groups excluding carboxylic acids is 1. The van der Waals surface area contributed by atoms with Crippen LogP contribution in [-0.4, -0.2) is 46.0 Å². The van der Waals surface area contributed by atoms with Crippen molar-refractivity contribution in [3.8, 4) is 10.6 Å². The Labute approximate surface area is 179 Å². The largest absolute Gasteiger partial charge is 0.396 e. The number of aliphatic hydroxyl groups excluding tert-OH is 1. The lowest BCUT2D eigenvalue weighted by atomic mass is 10.2. The molecular formula is C19H19F2N5O4S. The Morgan fingerprint density at radius 3 is 2.68 bits per heavy atom. The van der Waals surface area contributed by atoms with Gasteiger partial charge in [-0.1, -0.05) is 17.4 Å². The Balaban J connectivity index is 1.58. The number of nitrogens with two attached hydrogens (primary N) is 1. The molecule has 1 fully saturated rings. The van der Waals surface area contributed by atoms with E-state index < -0.39 is 23.8 Å². The van der Waals surface area contributed by atoms with Crippen molar-refractivity contribution in [3.63, 3.8) is 0 Å². The van der Waals surface area contributed by atoms with Gasteiger partial charge in [0.05, 0.1) is 36.8 Å². The molecule has 2 aromatic heterocycles. The van der Waals surface area contributed by atoms with Gasteiger partial charge in [-0.3, -0.25) is 9.89 Å². The normalized spacial score (nSPS) is 18.8. The van der Waals surface area contributed by atoms with E-state index >= 15 is 0 Å². The summed E-state index contributed by atoms with van der Waals surface area (Å²) in [5.74, 6) is -2.42. The number of carbonyl (C=O) groups is 1. The van der Waals surface area contributed by atoms with Crippen molar-refractivity contribution >= 4 is 27.9 Å². The van der Waals surface area contributed by atoms with Gasteiger partial charge in [0.1, 0.15) is 27.3 Å². The Morgan fingerprint density at radius 1 is 1.35 bits per heavy atom. The molecule has 164 valence electrons. The Morgan fingerprint density at radius 2 is 2.03 bits per heavy atom. The van der Waals surface area contributed by atoms with E-state index in [2.05, 4.69) is 20.5 Å². The summed E-state index contributed by atoms with van der Waals surface area (Å²) in [5, 5.41) is 18.7. The van der Waals surface area contributed by atoms with Gasteiger partial charge in [0.2, 0.25) is 6.29 Å². The number of aliphatic hydroxyl groups is 1. The smallest absolute Gasteiger partial charge is 0.277 e. The maximum atomic E-state index is 14.1. The topological polar surface area (TPSA) is 135 Å². The lowest BCUT2D eigenvalue weighted by molar-refractivity contribution is -0.211. The number of aromatic amines is 1. The van der Waals surface area contributed by atoms with Gasteiger partial charge in [-0.05, 0) is 19.1 Å². The molecule has 0 aliphatic carbocycles. The van der Waals surface area contributed by atoms with E-state index in [-0.39, 0.29) is 47.0 Å². The Bertz CT molecular complexity index is 1090. The lowest BCUT2D eigenvalue weighted by Crippen LogP contribution is -2.30. The van der Waals surface area contributed by atoms with Crippen molar-refractivity contribution in [2.75, 3.05) is 30.9 Å². The quantitative estimate of drug-likeness (QED) is 0.468. The second kappa shape index (κ2) is 8.67. The van der Waals surface area contributed by atoms with E-state index in [1.54, 1.807) is 6.92 Å². The Kier molecular flexibility index (Phi) is 5.96. The number of rotatable bonds is 5. The summed E-state index contributed by atoms with van der Waals surface area (Å²) in [4.78, 5) is 16.9. The molecule has 0 saturated carbocycles. The second-order valence-electron chi connectivity index (χ2n) is 6.93. The molecule has 1 aromatic carbocycles. The number of nitrogen functional groups attached to an aromatic ring is 1. The molecule has 0 radical (unpaired) electrons. The van der Waals surface area contributed by atoms with E-state index in [0.29, 0.717) is 17.1 Å². The van der Waals surface area contributed by atoms with E-state index in [9.17, 15) is 18.7 Å². The summed E-state index contributed by atoms with van der Waals surface area (Å²) in [6.07, 6.45) is -0.810. The highest BCUT2D eigenvalue weighted by atomic mass is 32.1. The van der Waals surface area contributed by atoms with Crippen molar-refractivity contribution in [2.24, 2.45) is 5.92 Å². The minimum Gasteiger partial charge on any atom is -0.396 e. The first-order valence-corrected chi connectivity index (χ1v) is 10.1. The molecule has 4 rings (SSSR count). The molecule has 0 atom stereocenters. The summed E-state index contributed by atoms with van der Waals surface area (Å²) < 4.78 is 39.3. The summed E-state index contributed by atoms with van der Waals surface area (Å²) in [6, 6.07) is 3.44. The van der Waals surface area contributed by atoms with Crippen molar-refractivity contribution in [1.29, 1.82) is 0 Å². The second-order valence-corrected chi connectivity index (χ2v) is 7.96. The SMILES string of the molecule is Cc1n[nH]c(C2OCC(CO)CO2)c1NC(=O)c1nc(-c2c(F)cccc2F)sc1N. The fraction of sp³-hybridized carbons (Fsp3) is 0.316. The van der Waals surface area contributed by atoms with Crippen LogP contribution < -0.4 is 11.1 Å². The van der Waals surface area contributed by atoms with Gasteiger partial charge in [0, 0.05) is 5.92 Å². The average Bonchev–Trinajstić information content (AvgIpc) is 3.31. The number of aromatic nitrogens is 3. The third kappa shape index (κ3) is 4.14. The highest BCUT2D eigenvalue weighted by Crippen LogP contribution is 2.35. The summed E-state index contributed by atoms with van der Waals surface area (Å²) in [7, 11) is 0. The van der Waals surface area contributed by atoms with E-state index in [0.717, 1.165) is 23.5 Å². The van der Waals surface area contributed by atoms with Crippen molar-refractivity contribution in [3.05, 3.63) is 46.9 Å². The summed E-state index contributed by atoms with van der Waals surface area (Å²) >= 11 is 0.805. The molecule has 1 aliphatic rings. The first-order valence-electron chi connectivity index (χ1n) is 9.30. The molecule has 0 unspecified atom stereocenters. The van der Waals surface area contributed by atoms with Gasteiger partial charge >= 0.3 is 0 Å². The van der Waals surface area contributed by atoms with Crippen LogP contribution in [0.2, 0.25) is 0 Å². The van der Waals surface area contributed by atoms with Gasteiger partial charge in [-0.25, -0.2) is 13.8 Å². The number of benzene rings is 1. The van der Waals surface area contributed by atoms with Crippen LogP contribution >= 0.6 is 11.3 Å². The van der Waals surface area contributed by atoms with Crippen LogP contribution in [0.25, 0.3) is 10.6 Å². The molecule has 0 spiro atoms. The average molecular weight is 451 g/mol. The van der Waals surface area contributed by atoms with Crippen LogP contribution in [0.4, 0.5) is 19.5 Å². The van der Waals surface area contributed by atoms with Gasteiger partial charge in [0.15, 0.2) is 5.69 Å². The molecule has 0 bridgehead atoms. The number of aryl methyl sites for hydroxylation is 1. The predicted molar refractivity (Wildman–Crippen MR) is 108 cm³/mol. The number of ether oxygens (including phenoxy) is 2. The monoisotopic (exact) mass is 451 g/mol. The predicted octanol–water partition coefficient (Wildman–Crippen LogP) is 2.61. The highest BCUT2D eigenvalue weighted by molar-refractivity contribution is 7.19. The van der Waals surface area contributed by atoms with Crippen molar-refractivity contribution in [1.82, 2.24) is 15.2 Å². The van der Waals surface area contributed by atoms with Gasteiger partial charge in [-0.2, -0.15) is 5.10 Å². The van der Waals surface area contributed by atoms with Gasteiger partial charge in [-0.15, -0.1) is 0 Å². The van der Waals surface area contributed by atoms with Crippen LogP contribution in [0.3, 0.4) is 0 Å². The number of anilines is 2. The molecule has 9 nitrogen and oxygen atoms in total. The molecule has 31 heavy (non-hydrogen) atoms. The highest BCUT2D eigenvalue weighted by Gasteiger charge is 2.29.